The highest BCUT2D eigenvalue weighted by atomic mass is 15.2. The first-order valence-corrected chi connectivity index (χ1v) is 19.3. The summed E-state index contributed by atoms with van der Waals surface area (Å²) in [6, 6.07) is 0.729. The molecule has 0 aromatic rings. The molecule has 0 heterocycles. The maximum absolute atomic E-state index is 2.71. The summed E-state index contributed by atoms with van der Waals surface area (Å²) in [6.07, 6.45) is 58.6. The van der Waals surface area contributed by atoms with Crippen molar-refractivity contribution in [2.75, 3.05) is 0 Å². The second kappa shape index (κ2) is 12.7. The predicted octanol–water partition coefficient (Wildman–Crippen LogP) is 11.6. The van der Waals surface area contributed by atoms with Crippen LogP contribution in [0.2, 0.25) is 0 Å². The van der Waals surface area contributed by atoms with Crippen LogP contribution in [-0.2, 0) is 0 Å². The first-order chi connectivity index (χ1) is 24.0. The lowest BCUT2D eigenvalue weighted by Crippen LogP contribution is -2.36. The highest BCUT2D eigenvalue weighted by Crippen LogP contribution is 2.58. The molecule has 0 aliphatic heterocycles. The van der Waals surface area contributed by atoms with Gasteiger partial charge in [-0.15, -0.1) is 0 Å². The minimum Gasteiger partial charge on any atom is -0.338 e. The van der Waals surface area contributed by atoms with Crippen LogP contribution in [0.15, 0.2) is 166 Å². The zero-order valence-electron chi connectivity index (χ0n) is 29.5. The lowest BCUT2D eigenvalue weighted by atomic mass is 9.72. The summed E-state index contributed by atoms with van der Waals surface area (Å²) >= 11 is 0. The smallest absolute Gasteiger partial charge is 0.0556 e. The fraction of sp³-hybridized carbons (Fsp3) is 0.404. The van der Waals surface area contributed by atoms with Crippen molar-refractivity contribution in [1.29, 1.82) is 0 Å². The molecule has 0 aromatic carbocycles. The third-order valence-electron chi connectivity index (χ3n) is 13.0. The van der Waals surface area contributed by atoms with Crippen LogP contribution in [0.25, 0.3) is 0 Å². The van der Waals surface area contributed by atoms with Gasteiger partial charge < -0.3 is 9.80 Å². The number of fused-ring (bicyclic) bond motifs is 4. The van der Waals surface area contributed by atoms with Gasteiger partial charge in [0.05, 0.1) is 12.1 Å². The average molecular weight is 645 g/mol. The van der Waals surface area contributed by atoms with Gasteiger partial charge in [0.15, 0.2) is 0 Å². The molecular weight excluding hydrogens is 593 g/mol. The SMILES string of the molecule is CC1(C)C2=C(CCC(N(C3=CCC4CCC=CC4=C3)C3C=CC=CC3)=C2)C2=CC=C(N(C3=CCC4CCC=CC4=C3)C3C=CC=CC3)CC21. The molecule has 0 spiro atoms. The summed E-state index contributed by atoms with van der Waals surface area (Å²) in [4.78, 5) is 5.42. The van der Waals surface area contributed by atoms with Crippen LogP contribution in [0.1, 0.15) is 84.5 Å². The van der Waals surface area contributed by atoms with E-state index in [1.165, 1.54) is 59.6 Å². The van der Waals surface area contributed by atoms with E-state index in [0.717, 1.165) is 44.9 Å². The Bertz CT molecular complexity index is 1840. The fourth-order valence-electron chi connectivity index (χ4n) is 10.2. The standard InChI is InChI=1S/C47H52N2/c1-47(2)45-31-41(48(37-17-5-3-6-18-37)39-23-21-33-13-9-11-15-35(33)29-39)25-27-43(45)44-28-26-42(32-46(44)47)49(38-19-7-4-8-20-38)40-24-22-34-14-10-12-16-36(34)30-40/h3-8,11-12,15-17,19,23-25,27,29-30,32-34,37-38,45H,9-10,13-14,18,20-22,26,28,31H2,1-2H3. The van der Waals surface area contributed by atoms with Crippen LogP contribution < -0.4 is 0 Å². The highest BCUT2D eigenvalue weighted by Gasteiger charge is 2.47. The van der Waals surface area contributed by atoms with E-state index in [1.807, 2.05) is 0 Å². The van der Waals surface area contributed by atoms with Gasteiger partial charge in [0.1, 0.15) is 0 Å². The fourth-order valence-corrected chi connectivity index (χ4v) is 10.2. The lowest BCUT2D eigenvalue weighted by Gasteiger charge is -2.41. The van der Waals surface area contributed by atoms with Crippen molar-refractivity contribution in [3.8, 4) is 0 Å². The minimum absolute atomic E-state index is 0.0710. The first-order valence-electron chi connectivity index (χ1n) is 19.3. The monoisotopic (exact) mass is 644 g/mol. The van der Waals surface area contributed by atoms with Crippen LogP contribution >= 0.6 is 0 Å². The van der Waals surface area contributed by atoms with E-state index in [9.17, 15) is 0 Å². The van der Waals surface area contributed by atoms with Crippen molar-refractivity contribution >= 4 is 0 Å². The Hall–Kier alpha value is -4.04. The summed E-state index contributed by atoms with van der Waals surface area (Å²) in [5.41, 5.74) is 13.7. The van der Waals surface area contributed by atoms with E-state index in [4.69, 9.17) is 0 Å². The van der Waals surface area contributed by atoms with Gasteiger partial charge >= 0.3 is 0 Å². The van der Waals surface area contributed by atoms with Gasteiger partial charge in [0, 0.05) is 22.8 Å². The van der Waals surface area contributed by atoms with E-state index in [1.54, 1.807) is 16.7 Å². The molecule has 0 bridgehead atoms. The normalized spacial score (nSPS) is 32.0. The van der Waals surface area contributed by atoms with Crippen molar-refractivity contribution in [2.45, 2.75) is 96.6 Å². The van der Waals surface area contributed by atoms with E-state index in [0.29, 0.717) is 29.8 Å². The molecule has 250 valence electrons. The number of hydrogen-bond acceptors (Lipinski definition) is 2. The Morgan fingerprint density at radius 1 is 0.633 bits per heavy atom. The molecule has 0 radical (unpaired) electrons. The van der Waals surface area contributed by atoms with Crippen LogP contribution in [-0.4, -0.2) is 21.9 Å². The molecule has 2 nitrogen and oxygen atoms in total. The molecule has 5 atom stereocenters. The Balaban J connectivity index is 1.06. The van der Waals surface area contributed by atoms with Gasteiger partial charge in [-0.1, -0.05) is 105 Å². The van der Waals surface area contributed by atoms with E-state index >= 15 is 0 Å². The van der Waals surface area contributed by atoms with Gasteiger partial charge in [-0.25, -0.2) is 0 Å². The molecule has 0 saturated heterocycles. The molecule has 9 aliphatic carbocycles. The maximum Gasteiger partial charge on any atom is 0.0556 e. The Kier molecular flexibility index (Phi) is 8.02. The number of hydrogen-bond donors (Lipinski definition) is 0. The summed E-state index contributed by atoms with van der Waals surface area (Å²) < 4.78 is 0. The Labute approximate surface area is 294 Å². The number of nitrogens with zero attached hydrogens (tertiary/aromatic N) is 2. The zero-order valence-corrected chi connectivity index (χ0v) is 29.5. The third-order valence-corrected chi connectivity index (χ3v) is 13.0. The van der Waals surface area contributed by atoms with Gasteiger partial charge in [0.2, 0.25) is 0 Å². The Morgan fingerprint density at radius 2 is 1.24 bits per heavy atom. The molecular formula is C47H52N2. The average Bonchev–Trinajstić information content (AvgIpc) is 3.37. The molecule has 9 rings (SSSR count). The van der Waals surface area contributed by atoms with Crippen LogP contribution in [0.5, 0.6) is 0 Å². The predicted molar refractivity (Wildman–Crippen MR) is 205 cm³/mol. The van der Waals surface area contributed by atoms with E-state index < -0.39 is 0 Å². The third kappa shape index (κ3) is 5.56. The first kappa shape index (κ1) is 31.0. The molecule has 9 aliphatic rings. The van der Waals surface area contributed by atoms with E-state index in [-0.39, 0.29) is 5.41 Å². The van der Waals surface area contributed by atoms with Crippen molar-refractivity contribution in [3.05, 3.63) is 166 Å². The van der Waals surface area contributed by atoms with Crippen LogP contribution in [0.4, 0.5) is 0 Å². The topological polar surface area (TPSA) is 6.48 Å². The summed E-state index contributed by atoms with van der Waals surface area (Å²) in [7, 11) is 0. The number of rotatable bonds is 6. The Morgan fingerprint density at radius 3 is 1.84 bits per heavy atom. The summed E-state index contributed by atoms with van der Waals surface area (Å²) in [6.45, 7) is 5.08. The summed E-state index contributed by atoms with van der Waals surface area (Å²) in [5.74, 6) is 1.88. The van der Waals surface area contributed by atoms with Gasteiger partial charge in [0.25, 0.3) is 0 Å². The number of allylic oxidation sites excluding steroid dienone is 22. The van der Waals surface area contributed by atoms with Gasteiger partial charge in [-0.05, 0) is 146 Å². The maximum atomic E-state index is 2.71. The molecule has 2 heteroatoms. The molecule has 0 N–H and O–H groups in total. The minimum atomic E-state index is 0.0710. The molecule has 49 heavy (non-hydrogen) atoms. The largest absolute Gasteiger partial charge is 0.338 e. The van der Waals surface area contributed by atoms with Crippen molar-refractivity contribution in [3.63, 3.8) is 0 Å². The second-order valence-corrected chi connectivity index (χ2v) is 16.1. The van der Waals surface area contributed by atoms with Crippen molar-refractivity contribution in [1.82, 2.24) is 9.80 Å². The van der Waals surface area contributed by atoms with Crippen LogP contribution in [0, 0.1) is 23.2 Å². The van der Waals surface area contributed by atoms with Crippen LogP contribution in [0.3, 0.4) is 0 Å². The summed E-state index contributed by atoms with van der Waals surface area (Å²) in [5, 5.41) is 0. The van der Waals surface area contributed by atoms with Crippen molar-refractivity contribution in [2.24, 2.45) is 23.2 Å². The molecule has 0 amide bonds. The van der Waals surface area contributed by atoms with Crippen molar-refractivity contribution < 1.29 is 0 Å². The lowest BCUT2D eigenvalue weighted by molar-refractivity contribution is 0.281. The highest BCUT2D eigenvalue weighted by molar-refractivity contribution is 5.58. The van der Waals surface area contributed by atoms with E-state index in [2.05, 4.69) is 139 Å². The van der Waals surface area contributed by atoms with Gasteiger partial charge in [-0.3, -0.25) is 0 Å². The second-order valence-electron chi connectivity index (χ2n) is 16.1. The quantitative estimate of drug-likeness (QED) is 0.284. The molecule has 0 saturated carbocycles. The molecule has 5 unspecified atom stereocenters. The zero-order chi connectivity index (χ0) is 33.0. The molecule has 0 aromatic heterocycles. The molecule has 0 fully saturated rings. The van der Waals surface area contributed by atoms with Gasteiger partial charge in [-0.2, -0.15) is 0 Å².